The third-order valence-corrected chi connectivity index (χ3v) is 4.08. The molecule has 1 aliphatic rings. The van der Waals surface area contributed by atoms with Crippen molar-refractivity contribution in [2.24, 2.45) is 11.8 Å². The first-order chi connectivity index (χ1) is 8.90. The molecular weight excluding hydrogens is 238 g/mol. The fraction of sp³-hybridized carbons (Fsp3) is 0.933. The molecule has 1 fully saturated rings. The van der Waals surface area contributed by atoms with E-state index < -0.39 is 0 Å². The van der Waals surface area contributed by atoms with Crippen LogP contribution in [0.15, 0.2) is 0 Å². The van der Waals surface area contributed by atoms with Crippen molar-refractivity contribution in [2.45, 2.75) is 52.6 Å². The van der Waals surface area contributed by atoms with E-state index in [0.29, 0.717) is 30.3 Å². The first kappa shape index (κ1) is 16.4. The van der Waals surface area contributed by atoms with Gasteiger partial charge in [-0.2, -0.15) is 0 Å². The van der Waals surface area contributed by atoms with Crippen LogP contribution in [0.3, 0.4) is 0 Å². The highest BCUT2D eigenvalue weighted by Crippen LogP contribution is 2.20. The molecule has 0 aliphatic carbocycles. The summed E-state index contributed by atoms with van der Waals surface area (Å²) >= 11 is 0. The maximum Gasteiger partial charge on any atom is 0.221 e. The minimum atomic E-state index is 0.162. The van der Waals surface area contributed by atoms with Gasteiger partial charge in [0.2, 0.25) is 5.91 Å². The Hall–Kier alpha value is -0.610. The summed E-state index contributed by atoms with van der Waals surface area (Å²) in [6.07, 6.45) is 1.76. The number of nitrogens with zero attached hydrogens (tertiary/aromatic N) is 1. The molecular formula is C15H31N3O. The van der Waals surface area contributed by atoms with E-state index in [0.717, 1.165) is 19.6 Å². The molecule has 1 heterocycles. The first-order valence-corrected chi connectivity index (χ1v) is 7.60. The lowest BCUT2D eigenvalue weighted by atomic mass is 9.90. The zero-order valence-electron chi connectivity index (χ0n) is 13.2. The maximum absolute atomic E-state index is 11.6. The molecule has 0 aromatic rings. The lowest BCUT2D eigenvalue weighted by Gasteiger charge is -2.40. The van der Waals surface area contributed by atoms with Crippen molar-refractivity contribution >= 4 is 5.91 Å². The van der Waals surface area contributed by atoms with Crippen molar-refractivity contribution in [3.63, 3.8) is 0 Å². The molecule has 1 amide bonds. The summed E-state index contributed by atoms with van der Waals surface area (Å²) in [7, 11) is 2.19. The summed E-state index contributed by atoms with van der Waals surface area (Å²) in [6.45, 7) is 11.5. The van der Waals surface area contributed by atoms with Crippen LogP contribution in [-0.4, -0.2) is 49.6 Å². The molecule has 4 heteroatoms. The van der Waals surface area contributed by atoms with Crippen molar-refractivity contribution in [2.75, 3.05) is 26.7 Å². The van der Waals surface area contributed by atoms with Gasteiger partial charge in [0.15, 0.2) is 0 Å². The maximum atomic E-state index is 11.6. The summed E-state index contributed by atoms with van der Waals surface area (Å²) in [5.74, 6) is 1.33. The van der Waals surface area contributed by atoms with E-state index in [9.17, 15) is 4.79 Å². The Labute approximate surface area is 118 Å². The molecule has 112 valence electrons. The van der Waals surface area contributed by atoms with Gasteiger partial charge in [-0.1, -0.05) is 20.8 Å². The van der Waals surface area contributed by atoms with Crippen LogP contribution < -0.4 is 10.6 Å². The Morgan fingerprint density at radius 1 is 1.37 bits per heavy atom. The SMILES string of the molecule is CC(C)CNC(=O)CCNC1CC(C)N(C)CC1C. The summed E-state index contributed by atoms with van der Waals surface area (Å²) in [4.78, 5) is 14.0. The smallest absolute Gasteiger partial charge is 0.221 e. The Kier molecular flexibility index (Phi) is 6.80. The van der Waals surface area contributed by atoms with Crippen LogP contribution >= 0.6 is 0 Å². The van der Waals surface area contributed by atoms with Crippen LogP contribution in [0.5, 0.6) is 0 Å². The second-order valence-corrected chi connectivity index (χ2v) is 6.51. The largest absolute Gasteiger partial charge is 0.356 e. The highest BCUT2D eigenvalue weighted by atomic mass is 16.1. The van der Waals surface area contributed by atoms with Gasteiger partial charge in [-0.15, -0.1) is 0 Å². The summed E-state index contributed by atoms with van der Waals surface area (Å²) < 4.78 is 0. The van der Waals surface area contributed by atoms with Gasteiger partial charge in [-0.3, -0.25) is 4.79 Å². The lowest BCUT2D eigenvalue weighted by molar-refractivity contribution is -0.121. The molecule has 19 heavy (non-hydrogen) atoms. The molecule has 2 N–H and O–H groups in total. The number of hydrogen-bond acceptors (Lipinski definition) is 3. The summed E-state index contributed by atoms with van der Waals surface area (Å²) in [5.41, 5.74) is 0. The second kappa shape index (κ2) is 7.85. The molecule has 4 nitrogen and oxygen atoms in total. The van der Waals surface area contributed by atoms with Gasteiger partial charge in [0.05, 0.1) is 0 Å². The number of nitrogens with one attached hydrogen (secondary N) is 2. The molecule has 1 rings (SSSR count). The quantitative estimate of drug-likeness (QED) is 0.767. The van der Waals surface area contributed by atoms with E-state index >= 15 is 0 Å². The van der Waals surface area contributed by atoms with Crippen molar-refractivity contribution in [1.82, 2.24) is 15.5 Å². The zero-order valence-corrected chi connectivity index (χ0v) is 13.2. The van der Waals surface area contributed by atoms with Crippen LogP contribution in [0.4, 0.5) is 0 Å². The molecule has 0 aromatic heterocycles. The third kappa shape index (κ3) is 5.91. The van der Waals surface area contributed by atoms with E-state index in [1.807, 2.05) is 0 Å². The highest BCUT2D eigenvalue weighted by molar-refractivity contribution is 5.76. The van der Waals surface area contributed by atoms with Crippen LogP contribution in [0.1, 0.15) is 40.5 Å². The predicted molar refractivity (Wildman–Crippen MR) is 80.1 cm³/mol. The average Bonchev–Trinajstić information content (AvgIpc) is 2.33. The molecule has 3 unspecified atom stereocenters. The molecule has 0 aromatic carbocycles. The van der Waals surface area contributed by atoms with Gasteiger partial charge in [-0.05, 0) is 32.2 Å². The number of carbonyl (C=O) groups is 1. The first-order valence-electron chi connectivity index (χ1n) is 7.60. The highest BCUT2D eigenvalue weighted by Gasteiger charge is 2.28. The Morgan fingerprint density at radius 2 is 2.05 bits per heavy atom. The number of carbonyl (C=O) groups excluding carboxylic acids is 1. The van der Waals surface area contributed by atoms with E-state index in [1.165, 1.54) is 6.42 Å². The van der Waals surface area contributed by atoms with E-state index in [1.54, 1.807) is 0 Å². The average molecular weight is 269 g/mol. The molecule has 0 radical (unpaired) electrons. The third-order valence-electron chi connectivity index (χ3n) is 4.08. The molecule has 0 saturated carbocycles. The second-order valence-electron chi connectivity index (χ2n) is 6.51. The summed E-state index contributed by atoms with van der Waals surface area (Å²) in [5, 5.41) is 6.51. The molecule has 1 aliphatic heterocycles. The van der Waals surface area contributed by atoms with Crippen LogP contribution in [0, 0.1) is 11.8 Å². The van der Waals surface area contributed by atoms with Gasteiger partial charge in [-0.25, -0.2) is 0 Å². The standard InChI is InChI=1S/C15H31N3O/c1-11(2)9-17-15(19)6-7-16-14-8-13(4)18(5)10-12(14)3/h11-14,16H,6-10H2,1-5H3,(H,17,19). The van der Waals surface area contributed by atoms with Crippen LogP contribution in [0.2, 0.25) is 0 Å². The monoisotopic (exact) mass is 269 g/mol. The molecule has 0 bridgehead atoms. The van der Waals surface area contributed by atoms with E-state index in [2.05, 4.69) is 50.3 Å². The Balaban J connectivity index is 2.20. The number of rotatable bonds is 6. The fourth-order valence-corrected chi connectivity index (χ4v) is 2.60. The molecule has 3 atom stereocenters. The normalized spacial score (nSPS) is 28.6. The zero-order chi connectivity index (χ0) is 14.4. The summed E-state index contributed by atoms with van der Waals surface area (Å²) in [6, 6.07) is 1.17. The van der Waals surface area contributed by atoms with Gasteiger partial charge in [0.1, 0.15) is 0 Å². The fourth-order valence-electron chi connectivity index (χ4n) is 2.60. The van der Waals surface area contributed by atoms with Crippen LogP contribution in [-0.2, 0) is 4.79 Å². The molecule has 1 saturated heterocycles. The Morgan fingerprint density at radius 3 is 2.68 bits per heavy atom. The van der Waals surface area contributed by atoms with Crippen molar-refractivity contribution in [1.29, 1.82) is 0 Å². The van der Waals surface area contributed by atoms with Gasteiger partial charge < -0.3 is 15.5 Å². The number of amides is 1. The lowest BCUT2D eigenvalue weighted by Crippen LogP contribution is -2.51. The van der Waals surface area contributed by atoms with E-state index in [4.69, 9.17) is 0 Å². The van der Waals surface area contributed by atoms with Crippen LogP contribution in [0.25, 0.3) is 0 Å². The Bertz CT molecular complexity index is 281. The number of hydrogen-bond donors (Lipinski definition) is 2. The van der Waals surface area contributed by atoms with Gasteiger partial charge >= 0.3 is 0 Å². The topological polar surface area (TPSA) is 44.4 Å². The van der Waals surface area contributed by atoms with E-state index in [-0.39, 0.29) is 5.91 Å². The van der Waals surface area contributed by atoms with Crippen molar-refractivity contribution < 1.29 is 4.79 Å². The minimum absolute atomic E-state index is 0.162. The van der Waals surface area contributed by atoms with Crippen molar-refractivity contribution in [3.05, 3.63) is 0 Å². The minimum Gasteiger partial charge on any atom is -0.356 e. The predicted octanol–water partition coefficient (Wildman–Crippen LogP) is 1.47. The molecule has 0 spiro atoms. The van der Waals surface area contributed by atoms with Gasteiger partial charge in [0, 0.05) is 38.1 Å². The van der Waals surface area contributed by atoms with Crippen molar-refractivity contribution in [3.8, 4) is 0 Å². The number of piperidine rings is 1. The van der Waals surface area contributed by atoms with Gasteiger partial charge in [0.25, 0.3) is 0 Å². The number of likely N-dealkylation sites (tertiary alicyclic amines) is 1.